The number of nitrogens with one attached hydrogen (secondary N) is 1. The minimum absolute atomic E-state index is 0.0280. The molecule has 2 amide bonds. The molecule has 26 heavy (non-hydrogen) atoms. The van der Waals surface area contributed by atoms with Gasteiger partial charge in [-0.2, -0.15) is 0 Å². The van der Waals surface area contributed by atoms with Crippen molar-refractivity contribution in [2.45, 2.75) is 25.8 Å². The van der Waals surface area contributed by atoms with Crippen molar-refractivity contribution in [2.24, 2.45) is 5.92 Å². The molecule has 1 N–H and O–H groups in total. The number of rotatable bonds is 7. The highest BCUT2D eigenvalue weighted by Gasteiger charge is 2.33. The standard InChI is InChI=1S/C20H29N3O3/c1-15-3-5-16(6-4-15)20(17-7-8-17)21-18(24)13-22(2)14-19(25)23-9-11-26-12-10-23/h3-6,17,20H,7-14H2,1-2H3,(H,21,24). The van der Waals surface area contributed by atoms with Crippen LogP contribution in [0.3, 0.4) is 0 Å². The van der Waals surface area contributed by atoms with E-state index in [-0.39, 0.29) is 30.9 Å². The topological polar surface area (TPSA) is 61.9 Å². The maximum Gasteiger partial charge on any atom is 0.236 e. The Morgan fingerprint density at radius 3 is 2.46 bits per heavy atom. The number of likely N-dealkylation sites (N-methyl/N-ethyl adjacent to an activating group) is 1. The Morgan fingerprint density at radius 2 is 1.85 bits per heavy atom. The molecule has 6 nitrogen and oxygen atoms in total. The molecule has 1 aromatic carbocycles. The number of carbonyl (C=O) groups excluding carboxylic acids is 2. The van der Waals surface area contributed by atoms with Crippen LogP contribution in [-0.4, -0.2) is 68.1 Å². The summed E-state index contributed by atoms with van der Waals surface area (Å²) in [5.41, 5.74) is 2.38. The fourth-order valence-electron chi connectivity index (χ4n) is 3.34. The number of carbonyl (C=O) groups is 2. The Hall–Kier alpha value is -1.92. The van der Waals surface area contributed by atoms with Crippen LogP contribution >= 0.6 is 0 Å². The number of aryl methyl sites for hydroxylation is 1. The van der Waals surface area contributed by atoms with Crippen LogP contribution in [0.15, 0.2) is 24.3 Å². The van der Waals surface area contributed by atoms with Crippen molar-refractivity contribution in [3.63, 3.8) is 0 Å². The minimum atomic E-state index is -0.0280. The summed E-state index contributed by atoms with van der Waals surface area (Å²) in [6, 6.07) is 8.45. The molecule has 2 aliphatic rings. The average Bonchev–Trinajstić information content (AvgIpc) is 3.46. The van der Waals surface area contributed by atoms with Gasteiger partial charge in [-0.05, 0) is 38.3 Å². The van der Waals surface area contributed by atoms with E-state index in [1.807, 2.05) is 7.05 Å². The predicted octanol–water partition coefficient (Wildman–Crippen LogP) is 1.35. The quantitative estimate of drug-likeness (QED) is 0.798. The number of ether oxygens (including phenoxy) is 1. The molecule has 0 spiro atoms. The summed E-state index contributed by atoms with van der Waals surface area (Å²) in [6.07, 6.45) is 2.31. The zero-order valence-corrected chi connectivity index (χ0v) is 15.7. The Kier molecular flexibility index (Phi) is 6.27. The largest absolute Gasteiger partial charge is 0.378 e. The third-order valence-electron chi connectivity index (χ3n) is 5.03. The number of nitrogens with zero attached hydrogens (tertiary/aromatic N) is 2. The first kappa shape index (κ1) is 18.9. The first-order chi connectivity index (χ1) is 12.5. The van der Waals surface area contributed by atoms with Gasteiger partial charge in [0.1, 0.15) is 0 Å². The monoisotopic (exact) mass is 359 g/mol. The van der Waals surface area contributed by atoms with Crippen LogP contribution in [-0.2, 0) is 14.3 Å². The van der Waals surface area contributed by atoms with Gasteiger partial charge in [-0.25, -0.2) is 0 Å². The molecule has 0 aromatic heterocycles. The first-order valence-corrected chi connectivity index (χ1v) is 9.43. The van der Waals surface area contributed by atoms with Crippen LogP contribution < -0.4 is 5.32 Å². The molecule has 1 atom stereocenters. The van der Waals surface area contributed by atoms with Crippen molar-refractivity contribution in [1.29, 1.82) is 0 Å². The third kappa shape index (κ3) is 5.29. The van der Waals surface area contributed by atoms with Gasteiger partial charge in [-0.3, -0.25) is 14.5 Å². The first-order valence-electron chi connectivity index (χ1n) is 9.43. The van der Waals surface area contributed by atoms with Crippen molar-refractivity contribution in [3.8, 4) is 0 Å². The second-order valence-corrected chi connectivity index (χ2v) is 7.46. The van der Waals surface area contributed by atoms with Gasteiger partial charge < -0.3 is 15.0 Å². The molecule has 1 saturated carbocycles. The number of benzene rings is 1. The average molecular weight is 359 g/mol. The van der Waals surface area contributed by atoms with Gasteiger partial charge in [0, 0.05) is 13.1 Å². The summed E-state index contributed by atoms with van der Waals surface area (Å²) < 4.78 is 5.27. The van der Waals surface area contributed by atoms with Gasteiger partial charge in [-0.1, -0.05) is 29.8 Å². The molecule has 1 aromatic rings. The van der Waals surface area contributed by atoms with Crippen LogP contribution in [0, 0.1) is 12.8 Å². The summed E-state index contributed by atoms with van der Waals surface area (Å²) in [5, 5.41) is 3.17. The van der Waals surface area contributed by atoms with Crippen molar-refractivity contribution in [1.82, 2.24) is 15.1 Å². The molecule has 3 rings (SSSR count). The zero-order chi connectivity index (χ0) is 18.5. The van der Waals surface area contributed by atoms with Crippen LogP contribution in [0.1, 0.15) is 30.0 Å². The molecule has 1 heterocycles. The zero-order valence-electron chi connectivity index (χ0n) is 15.7. The lowest BCUT2D eigenvalue weighted by Crippen LogP contribution is -2.47. The Bertz CT molecular complexity index is 622. The number of morpholine rings is 1. The van der Waals surface area contributed by atoms with E-state index < -0.39 is 0 Å². The summed E-state index contributed by atoms with van der Waals surface area (Å²) in [7, 11) is 1.82. The highest BCUT2D eigenvalue weighted by atomic mass is 16.5. The van der Waals surface area contributed by atoms with E-state index in [4.69, 9.17) is 4.74 Å². The second-order valence-electron chi connectivity index (χ2n) is 7.46. The van der Waals surface area contributed by atoms with E-state index in [1.165, 1.54) is 11.1 Å². The number of hydrogen-bond acceptors (Lipinski definition) is 4. The lowest BCUT2D eigenvalue weighted by atomic mass is 10.0. The van der Waals surface area contributed by atoms with Crippen molar-refractivity contribution in [3.05, 3.63) is 35.4 Å². The van der Waals surface area contributed by atoms with E-state index in [9.17, 15) is 9.59 Å². The molecule has 1 unspecified atom stereocenters. The van der Waals surface area contributed by atoms with Gasteiger partial charge >= 0.3 is 0 Å². The van der Waals surface area contributed by atoms with Gasteiger partial charge in [0.2, 0.25) is 11.8 Å². The SMILES string of the molecule is Cc1ccc(C(NC(=O)CN(C)CC(=O)N2CCOCC2)C2CC2)cc1. The lowest BCUT2D eigenvalue weighted by molar-refractivity contribution is -0.136. The Morgan fingerprint density at radius 1 is 1.19 bits per heavy atom. The predicted molar refractivity (Wildman–Crippen MR) is 99.7 cm³/mol. The molecule has 6 heteroatoms. The normalized spacial score (nSPS) is 18.7. The van der Waals surface area contributed by atoms with E-state index in [2.05, 4.69) is 36.5 Å². The van der Waals surface area contributed by atoms with Gasteiger partial charge in [0.15, 0.2) is 0 Å². The number of hydrogen-bond donors (Lipinski definition) is 1. The molecular formula is C20H29N3O3. The third-order valence-corrected chi connectivity index (χ3v) is 5.03. The smallest absolute Gasteiger partial charge is 0.236 e. The maximum atomic E-state index is 12.5. The van der Waals surface area contributed by atoms with Crippen molar-refractivity contribution < 1.29 is 14.3 Å². The van der Waals surface area contributed by atoms with Crippen molar-refractivity contribution >= 4 is 11.8 Å². The molecule has 1 aliphatic heterocycles. The highest BCUT2D eigenvalue weighted by Crippen LogP contribution is 2.41. The van der Waals surface area contributed by atoms with E-state index in [0.29, 0.717) is 32.2 Å². The molecule has 142 valence electrons. The van der Waals surface area contributed by atoms with E-state index in [1.54, 1.807) is 9.80 Å². The van der Waals surface area contributed by atoms with Crippen LogP contribution in [0.2, 0.25) is 0 Å². The summed E-state index contributed by atoms with van der Waals surface area (Å²) >= 11 is 0. The number of amides is 2. The van der Waals surface area contributed by atoms with Crippen LogP contribution in [0.25, 0.3) is 0 Å². The molecule has 1 saturated heterocycles. The van der Waals surface area contributed by atoms with E-state index >= 15 is 0 Å². The fourth-order valence-corrected chi connectivity index (χ4v) is 3.34. The van der Waals surface area contributed by atoms with Crippen LogP contribution in [0.5, 0.6) is 0 Å². The van der Waals surface area contributed by atoms with Gasteiger partial charge in [0.25, 0.3) is 0 Å². The Labute approximate surface area is 155 Å². The minimum Gasteiger partial charge on any atom is -0.378 e. The Balaban J connectivity index is 1.50. The van der Waals surface area contributed by atoms with Crippen LogP contribution in [0.4, 0.5) is 0 Å². The van der Waals surface area contributed by atoms with Gasteiger partial charge in [-0.15, -0.1) is 0 Å². The molecule has 1 aliphatic carbocycles. The second kappa shape index (κ2) is 8.64. The summed E-state index contributed by atoms with van der Waals surface area (Å²) in [5.74, 6) is 0.558. The summed E-state index contributed by atoms with van der Waals surface area (Å²) in [6.45, 7) is 5.00. The van der Waals surface area contributed by atoms with Crippen molar-refractivity contribution in [2.75, 3.05) is 46.4 Å². The highest BCUT2D eigenvalue weighted by molar-refractivity contribution is 5.81. The molecule has 0 radical (unpaired) electrons. The lowest BCUT2D eigenvalue weighted by Gasteiger charge is -2.28. The molecule has 2 fully saturated rings. The summed E-state index contributed by atoms with van der Waals surface area (Å²) in [4.78, 5) is 28.4. The maximum absolute atomic E-state index is 12.5. The van der Waals surface area contributed by atoms with Gasteiger partial charge in [0.05, 0.1) is 32.3 Å². The molecule has 0 bridgehead atoms. The van der Waals surface area contributed by atoms with E-state index in [0.717, 1.165) is 12.8 Å². The fraction of sp³-hybridized carbons (Fsp3) is 0.600. The molecular weight excluding hydrogens is 330 g/mol.